The molecule has 0 saturated heterocycles. The maximum absolute atomic E-state index is 8.60. The summed E-state index contributed by atoms with van der Waals surface area (Å²) >= 11 is 0. The van der Waals surface area contributed by atoms with Crippen molar-refractivity contribution in [1.82, 2.24) is 19.5 Å². The van der Waals surface area contributed by atoms with E-state index in [9.17, 15) is 0 Å². The average molecular weight is 228 g/mol. The zero-order valence-electron chi connectivity index (χ0n) is 9.41. The van der Waals surface area contributed by atoms with Gasteiger partial charge in [-0.2, -0.15) is 5.26 Å². The minimum absolute atomic E-state index is 0.200. The number of hydrogen-bond donors (Lipinski definition) is 1. The van der Waals surface area contributed by atoms with Crippen molar-refractivity contribution in [3.05, 3.63) is 36.8 Å². The Labute approximate surface area is 99.0 Å². The third-order valence-electron chi connectivity index (χ3n) is 2.20. The molecular weight excluding hydrogens is 216 g/mol. The quantitative estimate of drug-likeness (QED) is 0.845. The van der Waals surface area contributed by atoms with Crippen molar-refractivity contribution in [1.29, 1.82) is 5.26 Å². The van der Waals surface area contributed by atoms with Crippen molar-refractivity contribution in [3.8, 4) is 6.07 Å². The maximum Gasteiger partial charge on any atom is 0.158 e. The van der Waals surface area contributed by atoms with Crippen LogP contribution < -0.4 is 5.32 Å². The van der Waals surface area contributed by atoms with Crippen LogP contribution >= 0.6 is 0 Å². The number of anilines is 1. The highest BCUT2D eigenvalue weighted by molar-refractivity contribution is 5.33. The molecule has 0 bridgehead atoms. The first kappa shape index (κ1) is 11.1. The Balaban J connectivity index is 1.94. The van der Waals surface area contributed by atoms with Gasteiger partial charge in [0, 0.05) is 25.0 Å². The number of rotatable bonds is 4. The molecule has 0 saturated carbocycles. The molecular formula is C11H12N6. The molecule has 0 radical (unpaired) electrons. The lowest BCUT2D eigenvalue weighted by Gasteiger charge is -2.14. The standard InChI is InChI=1S/C11H12N6/c1-9(7-17-3-2-13-8-17)16-11-6-14-10(4-12)5-15-11/h2-3,5-6,8-9H,7H2,1H3,(H,15,16). The van der Waals surface area contributed by atoms with Gasteiger partial charge in [0.1, 0.15) is 11.9 Å². The van der Waals surface area contributed by atoms with E-state index in [1.54, 1.807) is 18.7 Å². The third-order valence-corrected chi connectivity index (χ3v) is 2.20. The summed E-state index contributed by atoms with van der Waals surface area (Å²) < 4.78 is 1.98. The van der Waals surface area contributed by atoms with E-state index in [4.69, 9.17) is 5.26 Å². The van der Waals surface area contributed by atoms with E-state index in [1.807, 2.05) is 23.8 Å². The van der Waals surface area contributed by atoms with Crippen LogP contribution in [0.4, 0.5) is 5.82 Å². The van der Waals surface area contributed by atoms with Gasteiger partial charge in [0.2, 0.25) is 0 Å². The van der Waals surface area contributed by atoms with Gasteiger partial charge in [0.15, 0.2) is 5.69 Å². The molecule has 17 heavy (non-hydrogen) atoms. The largest absolute Gasteiger partial charge is 0.365 e. The summed E-state index contributed by atoms with van der Waals surface area (Å²) in [6.07, 6.45) is 8.43. The summed E-state index contributed by atoms with van der Waals surface area (Å²) in [7, 11) is 0. The van der Waals surface area contributed by atoms with E-state index in [1.165, 1.54) is 6.20 Å². The lowest BCUT2D eigenvalue weighted by molar-refractivity contribution is 0.616. The van der Waals surface area contributed by atoms with Gasteiger partial charge in [0.05, 0.1) is 18.7 Å². The normalized spacial score (nSPS) is 11.8. The monoisotopic (exact) mass is 228 g/mol. The number of nitrogens with zero attached hydrogens (tertiary/aromatic N) is 5. The van der Waals surface area contributed by atoms with E-state index in [0.717, 1.165) is 6.54 Å². The number of nitriles is 1. The first-order chi connectivity index (χ1) is 8.28. The Morgan fingerprint density at radius 2 is 2.35 bits per heavy atom. The van der Waals surface area contributed by atoms with E-state index < -0.39 is 0 Å². The van der Waals surface area contributed by atoms with Crippen molar-refractivity contribution in [2.45, 2.75) is 19.5 Å². The topological polar surface area (TPSA) is 79.4 Å². The predicted octanol–water partition coefficient (Wildman–Crippen LogP) is 1.05. The fraction of sp³-hybridized carbons (Fsp3) is 0.273. The summed E-state index contributed by atoms with van der Waals surface area (Å²) in [6.45, 7) is 2.83. The van der Waals surface area contributed by atoms with Crippen molar-refractivity contribution >= 4 is 5.82 Å². The second-order valence-corrected chi connectivity index (χ2v) is 3.70. The molecule has 1 N–H and O–H groups in total. The van der Waals surface area contributed by atoms with E-state index in [0.29, 0.717) is 11.5 Å². The molecule has 0 aromatic carbocycles. The van der Waals surface area contributed by atoms with Crippen LogP contribution in [0.1, 0.15) is 12.6 Å². The predicted molar refractivity (Wildman–Crippen MR) is 62.1 cm³/mol. The number of aromatic nitrogens is 4. The van der Waals surface area contributed by atoms with E-state index in [-0.39, 0.29) is 6.04 Å². The van der Waals surface area contributed by atoms with Crippen LogP contribution in [-0.2, 0) is 6.54 Å². The minimum Gasteiger partial charge on any atom is -0.365 e. The lowest BCUT2D eigenvalue weighted by Crippen LogP contribution is -2.22. The molecule has 2 aromatic heterocycles. The maximum atomic E-state index is 8.60. The highest BCUT2D eigenvalue weighted by Gasteiger charge is 2.04. The first-order valence-electron chi connectivity index (χ1n) is 5.22. The van der Waals surface area contributed by atoms with E-state index in [2.05, 4.69) is 20.3 Å². The Bertz CT molecular complexity index is 496. The molecule has 2 rings (SSSR count). The van der Waals surface area contributed by atoms with Gasteiger partial charge in [0.25, 0.3) is 0 Å². The van der Waals surface area contributed by atoms with Crippen molar-refractivity contribution < 1.29 is 0 Å². The highest BCUT2D eigenvalue weighted by atomic mass is 15.1. The average Bonchev–Trinajstić information content (AvgIpc) is 2.82. The van der Waals surface area contributed by atoms with Crippen LogP contribution in [0.2, 0.25) is 0 Å². The summed E-state index contributed by atoms with van der Waals surface area (Å²) in [4.78, 5) is 12.0. The zero-order chi connectivity index (χ0) is 12.1. The molecule has 0 spiro atoms. The van der Waals surface area contributed by atoms with Crippen molar-refractivity contribution in [2.75, 3.05) is 5.32 Å². The fourth-order valence-electron chi connectivity index (χ4n) is 1.47. The van der Waals surface area contributed by atoms with Crippen molar-refractivity contribution in [3.63, 3.8) is 0 Å². The first-order valence-corrected chi connectivity index (χ1v) is 5.22. The van der Waals surface area contributed by atoms with Crippen LogP contribution in [0.3, 0.4) is 0 Å². The summed E-state index contributed by atoms with van der Waals surface area (Å²) in [6, 6.07) is 2.13. The van der Waals surface area contributed by atoms with Gasteiger partial charge in [-0.3, -0.25) is 0 Å². The Morgan fingerprint density at radius 3 is 2.94 bits per heavy atom. The molecule has 2 heterocycles. The van der Waals surface area contributed by atoms with Gasteiger partial charge in [-0.15, -0.1) is 0 Å². The van der Waals surface area contributed by atoms with Crippen LogP contribution in [0.25, 0.3) is 0 Å². The van der Waals surface area contributed by atoms with Crippen molar-refractivity contribution in [2.24, 2.45) is 0 Å². The SMILES string of the molecule is CC(Cn1ccnc1)Nc1cnc(C#N)cn1. The molecule has 6 nitrogen and oxygen atoms in total. The molecule has 0 amide bonds. The number of nitrogens with one attached hydrogen (secondary N) is 1. The fourth-order valence-corrected chi connectivity index (χ4v) is 1.47. The van der Waals surface area contributed by atoms with Crippen LogP contribution in [0.15, 0.2) is 31.1 Å². The second kappa shape index (κ2) is 5.07. The Kier molecular flexibility index (Phi) is 3.31. The van der Waals surface area contributed by atoms with Gasteiger partial charge in [-0.05, 0) is 6.92 Å². The summed E-state index contributed by atoms with van der Waals surface area (Å²) in [5.74, 6) is 0.664. The van der Waals surface area contributed by atoms with Gasteiger partial charge in [-0.1, -0.05) is 0 Å². The zero-order valence-corrected chi connectivity index (χ0v) is 9.41. The number of imidazole rings is 1. The molecule has 1 unspecified atom stereocenters. The molecule has 0 aliphatic carbocycles. The third kappa shape index (κ3) is 3.01. The lowest BCUT2D eigenvalue weighted by atomic mass is 10.3. The molecule has 0 aliphatic rings. The summed E-state index contributed by atoms with van der Waals surface area (Å²) in [5, 5.41) is 11.8. The minimum atomic E-state index is 0.200. The molecule has 0 fully saturated rings. The van der Waals surface area contributed by atoms with E-state index >= 15 is 0 Å². The molecule has 2 aromatic rings. The molecule has 1 atom stereocenters. The summed E-state index contributed by atoms with van der Waals surface area (Å²) in [5.41, 5.74) is 0.317. The smallest absolute Gasteiger partial charge is 0.158 e. The molecule has 86 valence electrons. The second-order valence-electron chi connectivity index (χ2n) is 3.70. The molecule has 0 aliphatic heterocycles. The number of hydrogen-bond acceptors (Lipinski definition) is 5. The Morgan fingerprint density at radius 1 is 1.47 bits per heavy atom. The Hall–Kier alpha value is -2.42. The van der Waals surface area contributed by atoms with Gasteiger partial charge < -0.3 is 9.88 Å². The van der Waals surface area contributed by atoms with Gasteiger partial charge in [-0.25, -0.2) is 15.0 Å². The highest BCUT2D eigenvalue weighted by Crippen LogP contribution is 2.04. The van der Waals surface area contributed by atoms with Crippen LogP contribution in [0, 0.1) is 11.3 Å². The van der Waals surface area contributed by atoms with Crippen LogP contribution in [0.5, 0.6) is 0 Å². The van der Waals surface area contributed by atoms with Gasteiger partial charge >= 0.3 is 0 Å². The molecule has 6 heteroatoms. The van der Waals surface area contributed by atoms with Crippen LogP contribution in [-0.4, -0.2) is 25.6 Å².